The lowest BCUT2D eigenvalue weighted by Gasteiger charge is -2.09. The largest absolute Gasteiger partial charge is 0.326 e. The van der Waals surface area contributed by atoms with Gasteiger partial charge in [0.2, 0.25) is 0 Å². The molecule has 0 aliphatic heterocycles. The van der Waals surface area contributed by atoms with Gasteiger partial charge in [-0.3, -0.25) is 0 Å². The molecule has 0 unspecified atom stereocenters. The molecule has 0 aliphatic rings. The first-order valence-corrected chi connectivity index (χ1v) is 5.20. The van der Waals surface area contributed by atoms with Crippen molar-refractivity contribution in [2.45, 2.75) is 6.54 Å². The van der Waals surface area contributed by atoms with Gasteiger partial charge in [-0.2, -0.15) is 0 Å². The summed E-state index contributed by atoms with van der Waals surface area (Å²) in [5, 5.41) is 0.322. The molecule has 0 atom stereocenters. The zero-order valence-corrected chi connectivity index (χ0v) is 10.4. The Morgan fingerprint density at radius 3 is 2.53 bits per heavy atom. The average molecular weight is 273 g/mol. The first kappa shape index (κ1) is 13.9. The molecule has 0 bridgehead atoms. The van der Waals surface area contributed by atoms with Crippen LogP contribution >= 0.6 is 24.0 Å². The lowest BCUT2D eigenvalue weighted by Crippen LogP contribution is -2.02. The molecule has 90 valence electrons. The van der Waals surface area contributed by atoms with Crippen LogP contribution in [0.2, 0.25) is 5.15 Å². The molecule has 0 fully saturated rings. The Bertz CT molecular complexity index is 518. The number of rotatable bonds is 2. The summed E-state index contributed by atoms with van der Waals surface area (Å²) in [4.78, 5) is 3.93. The van der Waals surface area contributed by atoms with Crippen LogP contribution < -0.4 is 5.73 Å². The van der Waals surface area contributed by atoms with Gasteiger partial charge < -0.3 is 5.73 Å². The number of halogens is 3. The van der Waals surface area contributed by atoms with Crippen molar-refractivity contribution in [2.75, 3.05) is 0 Å². The average Bonchev–Trinajstić information content (AvgIpc) is 2.29. The van der Waals surface area contributed by atoms with Gasteiger partial charge in [0.25, 0.3) is 0 Å². The van der Waals surface area contributed by atoms with Crippen molar-refractivity contribution < 1.29 is 4.39 Å². The summed E-state index contributed by atoms with van der Waals surface area (Å²) < 4.78 is 13.6. The van der Waals surface area contributed by atoms with Crippen molar-refractivity contribution in [1.82, 2.24) is 4.98 Å². The fourth-order valence-corrected chi connectivity index (χ4v) is 1.83. The lowest BCUT2D eigenvalue weighted by molar-refractivity contribution is 0.631. The zero-order chi connectivity index (χ0) is 11.5. The molecule has 0 spiro atoms. The molecular weight excluding hydrogens is 262 g/mol. The molecule has 1 aromatic heterocycles. The number of nitrogens with zero attached hydrogens (tertiary/aromatic N) is 1. The molecule has 1 heterocycles. The highest BCUT2D eigenvalue weighted by Crippen LogP contribution is 2.28. The maximum absolute atomic E-state index is 13.6. The maximum atomic E-state index is 13.6. The number of pyridine rings is 1. The summed E-state index contributed by atoms with van der Waals surface area (Å²) in [7, 11) is 0. The molecule has 2 aromatic rings. The maximum Gasteiger partial charge on any atom is 0.134 e. The van der Waals surface area contributed by atoms with E-state index >= 15 is 0 Å². The van der Waals surface area contributed by atoms with Crippen LogP contribution in [0.3, 0.4) is 0 Å². The molecule has 2 nitrogen and oxygen atoms in total. The summed E-state index contributed by atoms with van der Waals surface area (Å²) in [5.41, 5.74) is 7.44. The topological polar surface area (TPSA) is 38.9 Å². The van der Waals surface area contributed by atoms with Gasteiger partial charge in [0.05, 0.1) is 0 Å². The number of benzene rings is 1. The van der Waals surface area contributed by atoms with Gasteiger partial charge in [0.1, 0.15) is 11.0 Å². The van der Waals surface area contributed by atoms with E-state index in [1.165, 1.54) is 6.07 Å². The minimum absolute atomic E-state index is 0. The highest BCUT2D eigenvalue weighted by atomic mass is 35.5. The lowest BCUT2D eigenvalue weighted by atomic mass is 10.0. The van der Waals surface area contributed by atoms with Crippen molar-refractivity contribution in [3.8, 4) is 11.1 Å². The highest BCUT2D eigenvalue weighted by molar-refractivity contribution is 6.30. The highest BCUT2D eigenvalue weighted by Gasteiger charge is 2.11. The molecule has 0 saturated carbocycles. The van der Waals surface area contributed by atoms with Crippen LogP contribution in [0, 0.1) is 5.82 Å². The van der Waals surface area contributed by atoms with Crippen molar-refractivity contribution >= 4 is 24.0 Å². The standard InChI is InChI=1S/C12H10ClFN2.ClH/c13-12-10(7-15)8(5-6-16-12)9-3-1-2-4-11(9)14;/h1-6H,7,15H2;1H. The summed E-state index contributed by atoms with van der Waals surface area (Å²) >= 11 is 5.92. The van der Waals surface area contributed by atoms with Crippen LogP contribution in [-0.4, -0.2) is 4.98 Å². The summed E-state index contributed by atoms with van der Waals surface area (Å²) in [6.45, 7) is 0.232. The Hall–Kier alpha value is -1.16. The third kappa shape index (κ3) is 2.75. The molecular formula is C12H11Cl2FN2. The SMILES string of the molecule is Cl.NCc1c(-c2ccccc2F)ccnc1Cl. The first-order valence-electron chi connectivity index (χ1n) is 4.82. The molecule has 5 heteroatoms. The molecule has 0 radical (unpaired) electrons. The minimum atomic E-state index is -0.292. The van der Waals surface area contributed by atoms with Crippen molar-refractivity contribution in [2.24, 2.45) is 5.73 Å². The second kappa shape index (κ2) is 5.96. The second-order valence-electron chi connectivity index (χ2n) is 3.31. The summed E-state index contributed by atoms with van der Waals surface area (Å²) in [6, 6.07) is 8.23. The van der Waals surface area contributed by atoms with Crippen LogP contribution in [-0.2, 0) is 6.54 Å². The third-order valence-electron chi connectivity index (χ3n) is 2.37. The van der Waals surface area contributed by atoms with Crippen LogP contribution in [0.15, 0.2) is 36.5 Å². The second-order valence-corrected chi connectivity index (χ2v) is 3.67. The van der Waals surface area contributed by atoms with E-state index in [-0.39, 0.29) is 24.8 Å². The predicted molar refractivity (Wildman–Crippen MR) is 69.8 cm³/mol. The molecule has 1 aromatic carbocycles. The van der Waals surface area contributed by atoms with E-state index in [9.17, 15) is 4.39 Å². The molecule has 0 saturated heterocycles. The van der Waals surface area contributed by atoms with Crippen LogP contribution in [0.25, 0.3) is 11.1 Å². The molecule has 2 rings (SSSR count). The van der Waals surface area contributed by atoms with Gasteiger partial charge in [0, 0.05) is 23.9 Å². The Morgan fingerprint density at radius 2 is 1.88 bits per heavy atom. The third-order valence-corrected chi connectivity index (χ3v) is 2.70. The molecule has 2 N–H and O–H groups in total. The monoisotopic (exact) mass is 272 g/mol. The molecule has 17 heavy (non-hydrogen) atoms. The Balaban J connectivity index is 0.00000144. The first-order chi connectivity index (χ1) is 7.74. The van der Waals surface area contributed by atoms with Gasteiger partial charge in [-0.15, -0.1) is 12.4 Å². The van der Waals surface area contributed by atoms with Crippen LogP contribution in [0.5, 0.6) is 0 Å². The van der Waals surface area contributed by atoms with Gasteiger partial charge in [-0.1, -0.05) is 29.8 Å². The van der Waals surface area contributed by atoms with Crippen molar-refractivity contribution in [1.29, 1.82) is 0 Å². The fraction of sp³-hybridized carbons (Fsp3) is 0.0833. The van der Waals surface area contributed by atoms with E-state index in [1.807, 2.05) is 0 Å². The van der Waals surface area contributed by atoms with Gasteiger partial charge >= 0.3 is 0 Å². The molecule has 0 amide bonds. The predicted octanol–water partition coefficient (Wildman–Crippen LogP) is 3.42. The van der Waals surface area contributed by atoms with E-state index in [1.54, 1.807) is 30.5 Å². The summed E-state index contributed by atoms with van der Waals surface area (Å²) in [6.07, 6.45) is 1.54. The van der Waals surface area contributed by atoms with E-state index in [0.29, 0.717) is 21.8 Å². The normalized spacial score (nSPS) is 9.82. The van der Waals surface area contributed by atoms with Gasteiger partial charge in [-0.25, -0.2) is 9.37 Å². The van der Waals surface area contributed by atoms with Crippen LogP contribution in [0.4, 0.5) is 4.39 Å². The van der Waals surface area contributed by atoms with Gasteiger partial charge in [0.15, 0.2) is 0 Å². The van der Waals surface area contributed by atoms with Crippen LogP contribution in [0.1, 0.15) is 5.56 Å². The summed E-state index contributed by atoms with van der Waals surface area (Å²) in [5.74, 6) is -0.292. The Labute approximate surface area is 110 Å². The number of hydrogen-bond acceptors (Lipinski definition) is 2. The Morgan fingerprint density at radius 1 is 1.18 bits per heavy atom. The van der Waals surface area contributed by atoms with Crippen molar-refractivity contribution in [3.63, 3.8) is 0 Å². The van der Waals surface area contributed by atoms with E-state index < -0.39 is 0 Å². The van der Waals surface area contributed by atoms with E-state index in [4.69, 9.17) is 17.3 Å². The Kier molecular flexibility index (Phi) is 4.87. The van der Waals surface area contributed by atoms with Crippen molar-refractivity contribution in [3.05, 3.63) is 53.1 Å². The number of hydrogen-bond donors (Lipinski definition) is 1. The quantitative estimate of drug-likeness (QED) is 0.851. The fourth-order valence-electron chi connectivity index (χ4n) is 1.59. The zero-order valence-electron chi connectivity index (χ0n) is 8.86. The molecule has 0 aliphatic carbocycles. The van der Waals surface area contributed by atoms with E-state index in [2.05, 4.69) is 4.98 Å². The smallest absolute Gasteiger partial charge is 0.134 e. The minimum Gasteiger partial charge on any atom is -0.326 e. The van der Waals surface area contributed by atoms with E-state index in [0.717, 1.165) is 0 Å². The number of aromatic nitrogens is 1. The van der Waals surface area contributed by atoms with Gasteiger partial charge in [-0.05, 0) is 17.7 Å². The number of nitrogens with two attached hydrogens (primary N) is 1.